The quantitative estimate of drug-likeness (QED) is 0.896. The van der Waals surface area contributed by atoms with Gasteiger partial charge in [0.2, 0.25) is 0 Å². The van der Waals surface area contributed by atoms with Gasteiger partial charge in [-0.2, -0.15) is 0 Å². The van der Waals surface area contributed by atoms with Gasteiger partial charge in [0.05, 0.1) is 14.2 Å². The van der Waals surface area contributed by atoms with E-state index in [0.29, 0.717) is 0 Å². The van der Waals surface area contributed by atoms with Gasteiger partial charge in [0.15, 0.2) is 11.5 Å². The summed E-state index contributed by atoms with van der Waals surface area (Å²) < 4.78 is 11.0. The van der Waals surface area contributed by atoms with Crippen molar-refractivity contribution in [1.29, 1.82) is 0 Å². The van der Waals surface area contributed by atoms with Gasteiger partial charge in [-0.15, -0.1) is 11.3 Å². The van der Waals surface area contributed by atoms with Crippen molar-refractivity contribution in [2.75, 3.05) is 14.2 Å². The normalized spacial score (nSPS) is 20.2. The van der Waals surface area contributed by atoms with Gasteiger partial charge in [0.25, 0.3) is 0 Å². The first-order valence-electron chi connectivity index (χ1n) is 8.25. The molecule has 4 heteroatoms. The molecule has 1 heterocycles. The Hall–Kier alpha value is -1.52. The number of ether oxygens (including phenoxy) is 2. The molecule has 2 aromatic rings. The number of aryl methyl sites for hydroxylation is 2. The molecule has 23 heavy (non-hydrogen) atoms. The standard InChI is InChI=1S/C19H25NO2S/c1-4-5-14-8-13(11-23-14)19-15-10-18(22-3)17(21-2)9-12(15)6-7-16(19)20/h8-11,16,19H,4-7,20H2,1-3H3/t16-,19-/m1/s1. The van der Waals surface area contributed by atoms with Crippen molar-refractivity contribution in [1.82, 2.24) is 0 Å². The van der Waals surface area contributed by atoms with E-state index in [1.54, 1.807) is 14.2 Å². The fourth-order valence-electron chi connectivity index (χ4n) is 3.53. The maximum Gasteiger partial charge on any atom is 0.161 e. The summed E-state index contributed by atoms with van der Waals surface area (Å²) in [4.78, 5) is 1.45. The van der Waals surface area contributed by atoms with Crippen molar-refractivity contribution in [3.8, 4) is 11.5 Å². The van der Waals surface area contributed by atoms with E-state index in [1.165, 1.54) is 28.0 Å². The Balaban J connectivity index is 2.04. The maximum absolute atomic E-state index is 6.50. The first-order chi connectivity index (χ1) is 11.2. The largest absolute Gasteiger partial charge is 0.493 e. The van der Waals surface area contributed by atoms with E-state index in [-0.39, 0.29) is 12.0 Å². The summed E-state index contributed by atoms with van der Waals surface area (Å²) in [5, 5.41) is 2.28. The van der Waals surface area contributed by atoms with E-state index in [9.17, 15) is 0 Å². The summed E-state index contributed by atoms with van der Waals surface area (Å²) in [6, 6.07) is 6.73. The summed E-state index contributed by atoms with van der Waals surface area (Å²) >= 11 is 1.85. The van der Waals surface area contributed by atoms with Crippen LogP contribution >= 0.6 is 11.3 Å². The first-order valence-corrected chi connectivity index (χ1v) is 9.13. The van der Waals surface area contributed by atoms with Crippen LogP contribution in [-0.2, 0) is 12.8 Å². The lowest BCUT2D eigenvalue weighted by Gasteiger charge is -2.31. The molecule has 3 rings (SSSR count). The number of hydrogen-bond donors (Lipinski definition) is 1. The van der Waals surface area contributed by atoms with Crippen molar-refractivity contribution in [2.45, 2.75) is 44.6 Å². The Morgan fingerprint density at radius 2 is 1.91 bits per heavy atom. The molecule has 2 N–H and O–H groups in total. The third kappa shape index (κ3) is 3.10. The van der Waals surface area contributed by atoms with Gasteiger partial charge in [-0.3, -0.25) is 0 Å². The lowest BCUT2D eigenvalue weighted by molar-refractivity contribution is 0.352. The van der Waals surface area contributed by atoms with Crippen molar-refractivity contribution in [2.24, 2.45) is 5.73 Å². The van der Waals surface area contributed by atoms with Crippen molar-refractivity contribution < 1.29 is 9.47 Å². The predicted molar refractivity (Wildman–Crippen MR) is 96.0 cm³/mol. The molecule has 0 aliphatic heterocycles. The molecule has 0 unspecified atom stereocenters. The van der Waals surface area contributed by atoms with E-state index in [4.69, 9.17) is 15.2 Å². The van der Waals surface area contributed by atoms with Crippen LogP contribution in [-0.4, -0.2) is 20.3 Å². The SMILES string of the molecule is CCCc1cc([C@@H]2c3cc(OC)c(OC)cc3CC[C@H]2N)cs1. The smallest absolute Gasteiger partial charge is 0.161 e. The number of benzene rings is 1. The van der Waals surface area contributed by atoms with Crippen molar-refractivity contribution in [3.63, 3.8) is 0 Å². The second-order valence-electron chi connectivity index (χ2n) is 6.18. The molecule has 0 fully saturated rings. The van der Waals surface area contributed by atoms with E-state index in [2.05, 4.69) is 30.5 Å². The monoisotopic (exact) mass is 331 g/mol. The maximum atomic E-state index is 6.50. The molecule has 124 valence electrons. The Bertz CT molecular complexity index is 680. The minimum atomic E-state index is 0.157. The molecular formula is C19H25NO2S. The Labute approximate surface area is 142 Å². The average Bonchev–Trinajstić information content (AvgIpc) is 3.02. The van der Waals surface area contributed by atoms with Crippen LogP contribution in [0.1, 0.15) is 47.3 Å². The van der Waals surface area contributed by atoms with Crippen LogP contribution in [0.3, 0.4) is 0 Å². The second-order valence-corrected chi connectivity index (χ2v) is 7.18. The van der Waals surface area contributed by atoms with Crippen LogP contribution in [0, 0.1) is 0 Å². The number of hydrogen-bond acceptors (Lipinski definition) is 4. The van der Waals surface area contributed by atoms with Gasteiger partial charge in [0, 0.05) is 16.8 Å². The van der Waals surface area contributed by atoms with Crippen molar-refractivity contribution in [3.05, 3.63) is 45.1 Å². The summed E-state index contributed by atoms with van der Waals surface area (Å²) in [7, 11) is 3.37. The summed E-state index contributed by atoms with van der Waals surface area (Å²) in [5.74, 6) is 1.84. The van der Waals surface area contributed by atoms with Crippen LogP contribution in [0.5, 0.6) is 11.5 Å². The van der Waals surface area contributed by atoms with Crippen LogP contribution < -0.4 is 15.2 Å². The molecule has 1 aromatic heterocycles. The summed E-state index contributed by atoms with van der Waals surface area (Å²) in [5.41, 5.74) is 10.5. The molecule has 0 bridgehead atoms. The minimum absolute atomic E-state index is 0.157. The van der Waals surface area contributed by atoms with Gasteiger partial charge in [-0.05, 0) is 59.5 Å². The van der Waals surface area contributed by atoms with Crippen LogP contribution in [0.4, 0.5) is 0 Å². The van der Waals surface area contributed by atoms with Gasteiger partial charge < -0.3 is 15.2 Å². The third-order valence-electron chi connectivity index (χ3n) is 4.69. The molecule has 0 spiro atoms. The predicted octanol–water partition coefficient (Wildman–Crippen LogP) is 4.12. The van der Waals surface area contributed by atoms with Gasteiger partial charge in [0.1, 0.15) is 0 Å². The van der Waals surface area contributed by atoms with Crippen LogP contribution in [0.25, 0.3) is 0 Å². The third-order valence-corrected chi connectivity index (χ3v) is 5.70. The van der Waals surface area contributed by atoms with Crippen molar-refractivity contribution >= 4 is 11.3 Å². The molecular weight excluding hydrogens is 306 g/mol. The van der Waals surface area contributed by atoms with E-state index >= 15 is 0 Å². The summed E-state index contributed by atoms with van der Waals surface area (Å²) in [6.45, 7) is 2.22. The van der Waals surface area contributed by atoms with Crippen LogP contribution in [0.2, 0.25) is 0 Å². The Kier molecular flexibility index (Phi) is 4.93. The average molecular weight is 331 g/mol. The van der Waals surface area contributed by atoms with Crippen LogP contribution in [0.15, 0.2) is 23.6 Å². The van der Waals surface area contributed by atoms with E-state index in [0.717, 1.165) is 30.8 Å². The van der Waals surface area contributed by atoms with E-state index < -0.39 is 0 Å². The zero-order valence-electron chi connectivity index (χ0n) is 14.1. The number of nitrogens with two attached hydrogens (primary N) is 1. The first kappa shape index (κ1) is 16.3. The fourth-order valence-corrected chi connectivity index (χ4v) is 4.56. The molecule has 0 amide bonds. The topological polar surface area (TPSA) is 44.5 Å². The lowest BCUT2D eigenvalue weighted by Crippen LogP contribution is -2.33. The van der Waals surface area contributed by atoms with E-state index in [1.807, 2.05) is 11.3 Å². The number of fused-ring (bicyclic) bond motifs is 1. The fraction of sp³-hybridized carbons (Fsp3) is 0.474. The highest BCUT2D eigenvalue weighted by Crippen LogP contribution is 2.42. The Morgan fingerprint density at radius 1 is 1.17 bits per heavy atom. The summed E-state index contributed by atoms with van der Waals surface area (Å²) in [6.07, 6.45) is 4.33. The highest BCUT2D eigenvalue weighted by Gasteiger charge is 2.30. The zero-order valence-corrected chi connectivity index (χ0v) is 14.9. The minimum Gasteiger partial charge on any atom is -0.493 e. The molecule has 3 nitrogen and oxygen atoms in total. The number of thiophene rings is 1. The molecule has 1 aromatic carbocycles. The van der Waals surface area contributed by atoms with Gasteiger partial charge >= 0.3 is 0 Å². The van der Waals surface area contributed by atoms with Gasteiger partial charge in [-0.25, -0.2) is 0 Å². The Morgan fingerprint density at radius 3 is 2.61 bits per heavy atom. The molecule has 1 aliphatic rings. The highest BCUT2D eigenvalue weighted by molar-refractivity contribution is 7.10. The second kappa shape index (κ2) is 6.93. The zero-order chi connectivity index (χ0) is 16.4. The number of rotatable bonds is 5. The molecule has 0 radical (unpaired) electrons. The molecule has 0 saturated heterocycles. The molecule has 1 aliphatic carbocycles. The lowest BCUT2D eigenvalue weighted by atomic mass is 9.76. The number of methoxy groups -OCH3 is 2. The molecule has 2 atom stereocenters. The molecule has 0 saturated carbocycles. The van der Waals surface area contributed by atoms with Gasteiger partial charge in [-0.1, -0.05) is 13.3 Å². The highest BCUT2D eigenvalue weighted by atomic mass is 32.1.